The molecule has 0 saturated heterocycles. The van der Waals surface area contributed by atoms with Gasteiger partial charge in [0.1, 0.15) is 5.60 Å². The molecule has 0 bridgehead atoms. The molecule has 0 aliphatic heterocycles. The molecule has 2 aromatic rings. The summed E-state index contributed by atoms with van der Waals surface area (Å²) in [6, 6.07) is 11.4. The number of carbonyl (C=O) groups excluding carboxylic acids is 2. The Bertz CT molecular complexity index is 829. The highest BCUT2D eigenvalue weighted by Gasteiger charge is 2.16. The predicted molar refractivity (Wildman–Crippen MR) is 105 cm³/mol. The van der Waals surface area contributed by atoms with Crippen molar-refractivity contribution in [3.8, 4) is 5.75 Å². The van der Waals surface area contributed by atoms with E-state index in [0.717, 1.165) is 5.56 Å². The van der Waals surface area contributed by atoms with Gasteiger partial charge in [0.25, 0.3) is 0 Å². The lowest BCUT2D eigenvalue weighted by Gasteiger charge is -2.19. The van der Waals surface area contributed by atoms with Crippen LogP contribution in [0.2, 0.25) is 0 Å². The van der Waals surface area contributed by atoms with Gasteiger partial charge in [0.05, 0.1) is 13.5 Å². The van der Waals surface area contributed by atoms with Gasteiger partial charge < -0.3 is 14.8 Å². The zero-order valence-corrected chi connectivity index (χ0v) is 16.5. The molecule has 0 unspecified atom stereocenters. The molecule has 0 aliphatic rings. The first kappa shape index (κ1) is 21.2. The van der Waals surface area contributed by atoms with Gasteiger partial charge in [-0.25, -0.2) is 9.18 Å². The molecule has 2 rings (SSSR count). The quantitative estimate of drug-likeness (QED) is 0.783. The first-order valence-corrected chi connectivity index (χ1v) is 8.84. The Morgan fingerprint density at radius 3 is 2.25 bits per heavy atom. The lowest BCUT2D eigenvalue weighted by molar-refractivity contribution is -0.120. The number of hydrogen-bond donors (Lipinski definition) is 2. The normalized spacial score (nSPS) is 10.9. The SMILES string of the molecule is COc1ccc(CNC(=O)Cc2ccc(NC(=O)OC(C)(C)C)cc2)cc1F. The fraction of sp³-hybridized carbons (Fsp3) is 0.333. The number of anilines is 1. The van der Waals surface area contributed by atoms with Crippen LogP contribution in [0.5, 0.6) is 5.75 Å². The minimum atomic E-state index is -0.574. The Morgan fingerprint density at radius 1 is 1.04 bits per heavy atom. The summed E-state index contributed by atoms with van der Waals surface area (Å²) in [4.78, 5) is 23.8. The topological polar surface area (TPSA) is 76.7 Å². The number of carbonyl (C=O) groups is 2. The van der Waals surface area contributed by atoms with Crippen LogP contribution in [-0.4, -0.2) is 24.7 Å². The van der Waals surface area contributed by atoms with Crippen LogP contribution < -0.4 is 15.4 Å². The monoisotopic (exact) mass is 388 g/mol. The Labute approximate surface area is 164 Å². The van der Waals surface area contributed by atoms with E-state index in [0.29, 0.717) is 11.3 Å². The van der Waals surface area contributed by atoms with Gasteiger partial charge in [0.2, 0.25) is 5.91 Å². The van der Waals surface area contributed by atoms with E-state index in [1.54, 1.807) is 51.1 Å². The Balaban J connectivity index is 1.84. The van der Waals surface area contributed by atoms with E-state index in [2.05, 4.69) is 10.6 Å². The van der Waals surface area contributed by atoms with Gasteiger partial charge in [-0.2, -0.15) is 0 Å². The third kappa shape index (κ3) is 6.90. The smallest absolute Gasteiger partial charge is 0.412 e. The van der Waals surface area contributed by atoms with Crippen LogP contribution in [-0.2, 0) is 22.5 Å². The minimum Gasteiger partial charge on any atom is -0.494 e. The van der Waals surface area contributed by atoms with Gasteiger partial charge in [0, 0.05) is 12.2 Å². The van der Waals surface area contributed by atoms with Gasteiger partial charge >= 0.3 is 6.09 Å². The van der Waals surface area contributed by atoms with Crippen LogP contribution in [0.15, 0.2) is 42.5 Å². The van der Waals surface area contributed by atoms with Crippen LogP contribution in [0, 0.1) is 5.82 Å². The van der Waals surface area contributed by atoms with Crippen molar-refractivity contribution in [2.75, 3.05) is 12.4 Å². The number of ether oxygens (including phenoxy) is 2. The van der Waals surface area contributed by atoms with Crippen molar-refractivity contribution in [2.24, 2.45) is 0 Å². The molecule has 7 heteroatoms. The van der Waals surface area contributed by atoms with E-state index in [4.69, 9.17) is 9.47 Å². The average molecular weight is 388 g/mol. The Hall–Kier alpha value is -3.09. The molecule has 6 nitrogen and oxygen atoms in total. The molecule has 150 valence electrons. The van der Waals surface area contributed by atoms with E-state index in [1.807, 2.05) is 0 Å². The highest BCUT2D eigenvalue weighted by atomic mass is 19.1. The first-order chi connectivity index (χ1) is 13.2. The van der Waals surface area contributed by atoms with Crippen LogP contribution in [0.25, 0.3) is 0 Å². The minimum absolute atomic E-state index is 0.162. The predicted octanol–water partition coefficient (Wildman–Crippen LogP) is 4.04. The largest absolute Gasteiger partial charge is 0.494 e. The fourth-order valence-corrected chi connectivity index (χ4v) is 2.40. The van der Waals surface area contributed by atoms with Crippen LogP contribution in [0.4, 0.5) is 14.9 Å². The molecule has 2 aromatic carbocycles. The zero-order valence-electron chi connectivity index (χ0n) is 16.5. The molecule has 0 spiro atoms. The second kappa shape index (κ2) is 9.21. The van der Waals surface area contributed by atoms with Crippen molar-refractivity contribution in [3.63, 3.8) is 0 Å². The third-order valence-electron chi connectivity index (χ3n) is 3.67. The Morgan fingerprint density at radius 2 is 1.68 bits per heavy atom. The number of nitrogens with one attached hydrogen (secondary N) is 2. The number of hydrogen-bond acceptors (Lipinski definition) is 4. The maximum Gasteiger partial charge on any atom is 0.412 e. The van der Waals surface area contributed by atoms with E-state index in [-0.39, 0.29) is 24.6 Å². The van der Waals surface area contributed by atoms with Crippen molar-refractivity contribution in [1.29, 1.82) is 0 Å². The van der Waals surface area contributed by atoms with Gasteiger partial charge in [-0.15, -0.1) is 0 Å². The lowest BCUT2D eigenvalue weighted by Crippen LogP contribution is -2.27. The van der Waals surface area contributed by atoms with Gasteiger partial charge in [-0.1, -0.05) is 18.2 Å². The first-order valence-electron chi connectivity index (χ1n) is 8.84. The molecule has 28 heavy (non-hydrogen) atoms. The maximum atomic E-state index is 13.7. The van der Waals surface area contributed by atoms with E-state index < -0.39 is 17.5 Å². The summed E-state index contributed by atoms with van der Waals surface area (Å²) in [7, 11) is 1.40. The highest BCUT2D eigenvalue weighted by molar-refractivity contribution is 5.85. The number of methoxy groups -OCH3 is 1. The molecule has 0 aromatic heterocycles. The molecule has 0 heterocycles. The van der Waals surface area contributed by atoms with E-state index in [9.17, 15) is 14.0 Å². The summed E-state index contributed by atoms with van der Waals surface area (Å²) in [5, 5.41) is 5.38. The third-order valence-corrected chi connectivity index (χ3v) is 3.67. The fourth-order valence-electron chi connectivity index (χ4n) is 2.40. The van der Waals surface area contributed by atoms with E-state index in [1.165, 1.54) is 19.2 Å². The van der Waals surface area contributed by atoms with Crippen molar-refractivity contribution >= 4 is 17.7 Å². The highest BCUT2D eigenvalue weighted by Crippen LogP contribution is 2.17. The molecule has 2 N–H and O–H groups in total. The molecule has 0 atom stereocenters. The van der Waals surface area contributed by atoms with Crippen molar-refractivity contribution in [3.05, 3.63) is 59.4 Å². The molecule has 0 aliphatic carbocycles. The number of benzene rings is 2. The molecule has 0 saturated carbocycles. The second-order valence-electron chi connectivity index (χ2n) is 7.25. The molecule has 2 amide bonds. The Kier molecular flexibility index (Phi) is 6.98. The number of halogens is 1. The van der Waals surface area contributed by atoms with E-state index >= 15 is 0 Å². The number of rotatable bonds is 6. The standard InChI is InChI=1S/C21H25FN2O4/c1-21(2,3)28-20(26)24-16-8-5-14(6-9-16)12-19(25)23-13-15-7-10-18(27-4)17(22)11-15/h5-11H,12-13H2,1-4H3,(H,23,25)(H,24,26). The van der Waals surface area contributed by atoms with Crippen molar-refractivity contribution in [2.45, 2.75) is 39.3 Å². The summed E-state index contributed by atoms with van der Waals surface area (Å²) in [5.41, 5.74) is 1.43. The molecule has 0 fully saturated rings. The van der Waals surface area contributed by atoms with Crippen LogP contribution in [0.3, 0.4) is 0 Å². The molecular weight excluding hydrogens is 363 g/mol. The zero-order chi connectivity index (χ0) is 20.7. The van der Waals surface area contributed by atoms with Crippen LogP contribution in [0.1, 0.15) is 31.9 Å². The van der Waals surface area contributed by atoms with Gasteiger partial charge in [-0.05, 0) is 56.2 Å². The summed E-state index contributed by atoms with van der Waals surface area (Å²) in [6.45, 7) is 5.58. The number of amides is 2. The molecule has 0 radical (unpaired) electrons. The van der Waals surface area contributed by atoms with Crippen LogP contribution >= 0.6 is 0 Å². The summed E-state index contributed by atoms with van der Waals surface area (Å²) >= 11 is 0. The summed E-state index contributed by atoms with van der Waals surface area (Å²) < 4.78 is 23.7. The van der Waals surface area contributed by atoms with Crippen molar-refractivity contribution < 1.29 is 23.5 Å². The lowest BCUT2D eigenvalue weighted by atomic mass is 10.1. The average Bonchev–Trinajstić information content (AvgIpc) is 2.60. The van der Waals surface area contributed by atoms with Gasteiger partial charge in [0.15, 0.2) is 11.6 Å². The van der Waals surface area contributed by atoms with Gasteiger partial charge in [-0.3, -0.25) is 10.1 Å². The summed E-state index contributed by atoms with van der Waals surface area (Å²) in [6.07, 6.45) is -0.365. The maximum absolute atomic E-state index is 13.7. The van der Waals surface area contributed by atoms with Crippen molar-refractivity contribution in [1.82, 2.24) is 5.32 Å². The molecular formula is C21H25FN2O4. The summed E-state index contributed by atoms with van der Waals surface area (Å²) in [5.74, 6) is -0.499. The second-order valence-corrected chi connectivity index (χ2v) is 7.25.